The molecule has 0 spiro atoms. The second kappa shape index (κ2) is 7.08. The number of benzene rings is 1. The summed E-state index contributed by atoms with van der Waals surface area (Å²) in [7, 11) is 1.63. The lowest BCUT2D eigenvalue weighted by molar-refractivity contribution is 0.0521. The lowest BCUT2D eigenvalue weighted by atomic mass is 9.83. The van der Waals surface area contributed by atoms with E-state index in [1.54, 1.807) is 19.2 Å². The van der Waals surface area contributed by atoms with Gasteiger partial charge in [-0.05, 0) is 56.8 Å². The number of phenolic OH excluding ortho intramolecular Hbond substituents is 1. The van der Waals surface area contributed by atoms with E-state index in [1.807, 2.05) is 12.3 Å². The number of imidazole rings is 1. The molecule has 0 amide bonds. The summed E-state index contributed by atoms with van der Waals surface area (Å²) in [4.78, 5) is 7.29. The van der Waals surface area contributed by atoms with Crippen molar-refractivity contribution in [1.82, 2.24) is 14.5 Å². The quantitative estimate of drug-likeness (QED) is 0.924. The summed E-state index contributed by atoms with van der Waals surface area (Å²) in [5, 5.41) is 9.71. The normalized spacial score (nSPS) is 24.0. The van der Waals surface area contributed by atoms with Gasteiger partial charge in [-0.2, -0.15) is 0 Å². The zero-order valence-electron chi connectivity index (χ0n) is 14.9. The molecule has 134 valence electrons. The standard InChI is InChI=1S/C20H27N3O2/c1-25-19-13-16(24)7-8-17(19)20-21-9-12-23(20)14-15-5-4-11-22-10-3-2-6-18(15)22/h7-9,12-13,15,18,24H,2-6,10-11,14H2,1H3/t15-,18+/m0/s1. The van der Waals surface area contributed by atoms with Crippen LogP contribution >= 0.6 is 0 Å². The van der Waals surface area contributed by atoms with Crippen molar-refractivity contribution in [2.24, 2.45) is 5.92 Å². The summed E-state index contributed by atoms with van der Waals surface area (Å²) >= 11 is 0. The fourth-order valence-corrected chi connectivity index (χ4v) is 4.61. The third-order valence-electron chi connectivity index (χ3n) is 5.80. The molecule has 2 aliphatic heterocycles. The molecule has 5 nitrogen and oxygen atoms in total. The number of aromatic hydroxyl groups is 1. The number of piperidine rings is 2. The second-order valence-corrected chi connectivity index (χ2v) is 7.29. The minimum Gasteiger partial charge on any atom is -0.508 e. The summed E-state index contributed by atoms with van der Waals surface area (Å²) in [6.45, 7) is 3.54. The van der Waals surface area contributed by atoms with Crippen molar-refractivity contribution in [1.29, 1.82) is 0 Å². The molecule has 2 atom stereocenters. The van der Waals surface area contributed by atoms with E-state index in [9.17, 15) is 5.11 Å². The molecule has 5 heteroatoms. The Morgan fingerprint density at radius 2 is 2.08 bits per heavy atom. The Bertz CT molecular complexity index is 725. The van der Waals surface area contributed by atoms with Gasteiger partial charge in [-0.25, -0.2) is 4.98 Å². The number of hydrogen-bond acceptors (Lipinski definition) is 4. The number of fused-ring (bicyclic) bond motifs is 1. The number of hydrogen-bond donors (Lipinski definition) is 1. The van der Waals surface area contributed by atoms with Crippen LogP contribution in [0.4, 0.5) is 0 Å². The summed E-state index contributed by atoms with van der Waals surface area (Å²) in [6, 6.07) is 5.96. The first kappa shape index (κ1) is 16.5. The molecule has 0 saturated carbocycles. The smallest absolute Gasteiger partial charge is 0.143 e. The Hall–Kier alpha value is -2.01. The Kier molecular flexibility index (Phi) is 4.66. The summed E-state index contributed by atoms with van der Waals surface area (Å²) in [5.41, 5.74) is 0.932. The van der Waals surface area contributed by atoms with Gasteiger partial charge in [0.1, 0.15) is 17.3 Å². The van der Waals surface area contributed by atoms with Gasteiger partial charge < -0.3 is 19.3 Å². The van der Waals surface area contributed by atoms with Crippen molar-refractivity contribution >= 4 is 0 Å². The van der Waals surface area contributed by atoms with Crippen LogP contribution in [-0.4, -0.2) is 45.8 Å². The largest absolute Gasteiger partial charge is 0.508 e. The van der Waals surface area contributed by atoms with Crippen molar-refractivity contribution in [3.63, 3.8) is 0 Å². The molecule has 0 aliphatic carbocycles. The number of aromatic nitrogens is 2. The Morgan fingerprint density at radius 3 is 2.96 bits per heavy atom. The van der Waals surface area contributed by atoms with E-state index in [4.69, 9.17) is 4.74 Å². The topological polar surface area (TPSA) is 50.5 Å². The Balaban J connectivity index is 1.60. The minimum absolute atomic E-state index is 0.212. The fourth-order valence-electron chi connectivity index (χ4n) is 4.61. The van der Waals surface area contributed by atoms with Crippen molar-refractivity contribution in [2.75, 3.05) is 20.2 Å². The van der Waals surface area contributed by atoms with Gasteiger partial charge in [0, 0.05) is 31.0 Å². The van der Waals surface area contributed by atoms with Crippen LogP contribution in [0.5, 0.6) is 11.5 Å². The molecule has 0 bridgehead atoms. The second-order valence-electron chi connectivity index (χ2n) is 7.29. The number of ether oxygens (including phenoxy) is 1. The van der Waals surface area contributed by atoms with Gasteiger partial charge in [-0.15, -0.1) is 0 Å². The van der Waals surface area contributed by atoms with Gasteiger partial charge in [0.15, 0.2) is 0 Å². The van der Waals surface area contributed by atoms with E-state index < -0.39 is 0 Å². The highest BCUT2D eigenvalue weighted by Gasteiger charge is 2.33. The predicted octanol–water partition coefficient (Wildman–Crippen LogP) is 3.53. The van der Waals surface area contributed by atoms with Crippen LogP contribution in [0.3, 0.4) is 0 Å². The average Bonchev–Trinajstić information content (AvgIpc) is 3.10. The van der Waals surface area contributed by atoms with Crippen LogP contribution in [0, 0.1) is 5.92 Å². The molecule has 0 radical (unpaired) electrons. The maximum Gasteiger partial charge on any atom is 0.143 e. The molecule has 1 N–H and O–H groups in total. The third-order valence-corrected chi connectivity index (χ3v) is 5.80. The number of methoxy groups -OCH3 is 1. The maximum absolute atomic E-state index is 9.71. The molecule has 0 unspecified atom stereocenters. The minimum atomic E-state index is 0.212. The Morgan fingerprint density at radius 1 is 1.20 bits per heavy atom. The van der Waals surface area contributed by atoms with Crippen molar-refractivity contribution < 1.29 is 9.84 Å². The first-order chi connectivity index (χ1) is 12.3. The molecule has 25 heavy (non-hydrogen) atoms. The Labute approximate surface area is 149 Å². The molecule has 1 aromatic carbocycles. The van der Waals surface area contributed by atoms with Gasteiger partial charge in [-0.3, -0.25) is 0 Å². The first-order valence-corrected chi connectivity index (χ1v) is 9.39. The lowest BCUT2D eigenvalue weighted by Gasteiger charge is -2.44. The van der Waals surface area contributed by atoms with Crippen LogP contribution in [0.25, 0.3) is 11.4 Å². The zero-order chi connectivity index (χ0) is 17.2. The van der Waals surface area contributed by atoms with E-state index in [1.165, 1.54) is 45.2 Å². The monoisotopic (exact) mass is 341 g/mol. The van der Waals surface area contributed by atoms with Gasteiger partial charge in [-0.1, -0.05) is 6.42 Å². The average molecular weight is 341 g/mol. The molecule has 2 fully saturated rings. The van der Waals surface area contributed by atoms with E-state index in [0.29, 0.717) is 11.7 Å². The van der Waals surface area contributed by atoms with E-state index in [2.05, 4.69) is 20.6 Å². The maximum atomic E-state index is 9.71. The molecule has 2 aromatic rings. The van der Waals surface area contributed by atoms with Gasteiger partial charge in [0.05, 0.1) is 12.7 Å². The predicted molar refractivity (Wildman–Crippen MR) is 97.8 cm³/mol. The number of phenols is 1. The summed E-state index contributed by atoms with van der Waals surface area (Å²) < 4.78 is 7.72. The fraction of sp³-hybridized carbons (Fsp3) is 0.550. The van der Waals surface area contributed by atoms with Crippen LogP contribution in [0.1, 0.15) is 32.1 Å². The van der Waals surface area contributed by atoms with E-state index >= 15 is 0 Å². The third kappa shape index (κ3) is 3.25. The SMILES string of the molecule is COc1cc(O)ccc1-c1nccn1C[C@@H]1CCCN2CCCC[C@H]12. The van der Waals surface area contributed by atoms with Crippen LogP contribution in [0.15, 0.2) is 30.6 Å². The van der Waals surface area contributed by atoms with E-state index in [0.717, 1.165) is 24.0 Å². The van der Waals surface area contributed by atoms with Crippen molar-refractivity contribution in [2.45, 2.75) is 44.7 Å². The molecule has 2 aliphatic rings. The van der Waals surface area contributed by atoms with E-state index in [-0.39, 0.29) is 5.75 Å². The van der Waals surface area contributed by atoms with Crippen LogP contribution in [-0.2, 0) is 6.54 Å². The number of nitrogens with zero attached hydrogens (tertiary/aromatic N) is 3. The lowest BCUT2D eigenvalue weighted by Crippen LogP contribution is -2.49. The number of rotatable bonds is 4. The highest BCUT2D eigenvalue weighted by molar-refractivity contribution is 5.66. The highest BCUT2D eigenvalue weighted by atomic mass is 16.5. The highest BCUT2D eigenvalue weighted by Crippen LogP contribution is 2.35. The molecular formula is C20H27N3O2. The molecular weight excluding hydrogens is 314 g/mol. The summed E-state index contributed by atoms with van der Waals surface area (Å²) in [6.07, 6.45) is 10.6. The van der Waals surface area contributed by atoms with Gasteiger partial charge in [0.25, 0.3) is 0 Å². The molecule has 4 rings (SSSR count). The van der Waals surface area contributed by atoms with Crippen molar-refractivity contribution in [3.05, 3.63) is 30.6 Å². The van der Waals surface area contributed by atoms with Gasteiger partial charge in [0.2, 0.25) is 0 Å². The van der Waals surface area contributed by atoms with Gasteiger partial charge >= 0.3 is 0 Å². The first-order valence-electron chi connectivity index (χ1n) is 9.39. The zero-order valence-corrected chi connectivity index (χ0v) is 14.9. The van der Waals surface area contributed by atoms with Crippen LogP contribution in [0.2, 0.25) is 0 Å². The molecule has 1 aromatic heterocycles. The summed E-state index contributed by atoms with van der Waals surface area (Å²) in [5.74, 6) is 2.48. The van der Waals surface area contributed by atoms with Crippen molar-refractivity contribution in [3.8, 4) is 22.9 Å². The molecule has 2 saturated heterocycles. The molecule has 3 heterocycles. The van der Waals surface area contributed by atoms with Crippen LogP contribution < -0.4 is 4.74 Å².